The Morgan fingerprint density at radius 1 is 1.50 bits per heavy atom. The standard InChI is InChI=1S/C12H24N2O2/c1-10(2)14(12(15)9-16-3)8-11-6-4-5-7-13-11/h10-11,13H,4-9H2,1-3H3. The maximum atomic E-state index is 11.8. The summed E-state index contributed by atoms with van der Waals surface area (Å²) in [5.74, 6) is 0.0878. The topological polar surface area (TPSA) is 41.6 Å². The summed E-state index contributed by atoms with van der Waals surface area (Å²) < 4.78 is 4.91. The van der Waals surface area contributed by atoms with Crippen molar-refractivity contribution in [1.82, 2.24) is 10.2 Å². The molecular formula is C12H24N2O2. The lowest BCUT2D eigenvalue weighted by Gasteiger charge is -2.33. The Kier molecular flexibility index (Phi) is 5.77. The minimum Gasteiger partial charge on any atom is -0.375 e. The van der Waals surface area contributed by atoms with Crippen molar-refractivity contribution in [2.75, 3.05) is 26.8 Å². The van der Waals surface area contributed by atoms with Gasteiger partial charge in [0, 0.05) is 25.7 Å². The van der Waals surface area contributed by atoms with Crippen LogP contribution in [0.2, 0.25) is 0 Å². The molecule has 1 rings (SSSR count). The van der Waals surface area contributed by atoms with Crippen LogP contribution < -0.4 is 5.32 Å². The van der Waals surface area contributed by atoms with Crippen molar-refractivity contribution in [3.63, 3.8) is 0 Å². The van der Waals surface area contributed by atoms with Crippen LogP contribution in [-0.2, 0) is 9.53 Å². The van der Waals surface area contributed by atoms with Crippen molar-refractivity contribution in [2.45, 2.75) is 45.2 Å². The second kappa shape index (κ2) is 6.86. The van der Waals surface area contributed by atoms with Crippen LogP contribution in [0.3, 0.4) is 0 Å². The van der Waals surface area contributed by atoms with Gasteiger partial charge < -0.3 is 15.0 Å². The van der Waals surface area contributed by atoms with Gasteiger partial charge in [-0.1, -0.05) is 6.42 Å². The van der Waals surface area contributed by atoms with Crippen molar-refractivity contribution in [2.24, 2.45) is 0 Å². The molecule has 0 aromatic carbocycles. The summed E-state index contributed by atoms with van der Waals surface area (Å²) >= 11 is 0. The highest BCUT2D eigenvalue weighted by molar-refractivity contribution is 5.77. The highest BCUT2D eigenvalue weighted by Crippen LogP contribution is 2.10. The fourth-order valence-electron chi connectivity index (χ4n) is 2.12. The van der Waals surface area contributed by atoms with Crippen LogP contribution in [0.4, 0.5) is 0 Å². The van der Waals surface area contributed by atoms with E-state index in [4.69, 9.17) is 4.74 Å². The molecule has 1 fully saturated rings. The zero-order valence-corrected chi connectivity index (χ0v) is 10.7. The molecule has 0 aromatic heterocycles. The van der Waals surface area contributed by atoms with E-state index in [2.05, 4.69) is 19.2 Å². The molecule has 16 heavy (non-hydrogen) atoms. The van der Waals surface area contributed by atoms with Crippen LogP contribution in [0.25, 0.3) is 0 Å². The third kappa shape index (κ3) is 4.10. The number of piperidine rings is 1. The minimum atomic E-state index is 0.0878. The van der Waals surface area contributed by atoms with Crippen molar-refractivity contribution in [3.8, 4) is 0 Å². The van der Waals surface area contributed by atoms with Gasteiger partial charge in [0.2, 0.25) is 5.91 Å². The van der Waals surface area contributed by atoms with Gasteiger partial charge in [0.25, 0.3) is 0 Å². The second-order valence-electron chi connectivity index (χ2n) is 4.72. The molecule has 1 aliphatic rings. The van der Waals surface area contributed by atoms with E-state index in [1.165, 1.54) is 19.3 Å². The predicted molar refractivity (Wildman–Crippen MR) is 64.4 cm³/mol. The van der Waals surface area contributed by atoms with Gasteiger partial charge >= 0.3 is 0 Å². The number of carbonyl (C=O) groups is 1. The van der Waals surface area contributed by atoms with E-state index < -0.39 is 0 Å². The third-order valence-electron chi connectivity index (χ3n) is 3.04. The molecule has 1 atom stereocenters. The molecule has 1 aliphatic heterocycles. The van der Waals surface area contributed by atoms with Gasteiger partial charge in [-0.3, -0.25) is 4.79 Å². The molecule has 0 saturated carbocycles. The lowest BCUT2D eigenvalue weighted by atomic mass is 10.0. The number of ether oxygens (including phenoxy) is 1. The van der Waals surface area contributed by atoms with Gasteiger partial charge in [0.05, 0.1) is 0 Å². The average molecular weight is 228 g/mol. The SMILES string of the molecule is COCC(=O)N(CC1CCCCN1)C(C)C. The van der Waals surface area contributed by atoms with Gasteiger partial charge in [-0.15, -0.1) is 0 Å². The Morgan fingerprint density at radius 2 is 2.25 bits per heavy atom. The summed E-state index contributed by atoms with van der Waals surface area (Å²) in [6, 6.07) is 0.698. The number of hydrogen-bond acceptors (Lipinski definition) is 3. The second-order valence-corrected chi connectivity index (χ2v) is 4.72. The first-order chi connectivity index (χ1) is 7.65. The predicted octanol–water partition coefficient (Wildman–Crippen LogP) is 1.01. The normalized spacial score (nSPS) is 21.1. The van der Waals surface area contributed by atoms with Crippen molar-refractivity contribution in [1.29, 1.82) is 0 Å². The van der Waals surface area contributed by atoms with Crippen molar-refractivity contribution >= 4 is 5.91 Å². The van der Waals surface area contributed by atoms with Crippen LogP contribution >= 0.6 is 0 Å². The monoisotopic (exact) mass is 228 g/mol. The lowest BCUT2D eigenvalue weighted by Crippen LogP contribution is -2.49. The van der Waals surface area contributed by atoms with E-state index in [9.17, 15) is 4.79 Å². The zero-order valence-electron chi connectivity index (χ0n) is 10.7. The van der Waals surface area contributed by atoms with Gasteiger partial charge in [-0.05, 0) is 33.2 Å². The molecule has 1 unspecified atom stereocenters. The van der Waals surface area contributed by atoms with Crippen LogP contribution in [0, 0.1) is 0 Å². The first kappa shape index (κ1) is 13.5. The molecule has 0 aromatic rings. The quantitative estimate of drug-likeness (QED) is 0.763. The van der Waals surface area contributed by atoms with E-state index in [1.54, 1.807) is 7.11 Å². The molecule has 1 saturated heterocycles. The molecule has 4 heteroatoms. The smallest absolute Gasteiger partial charge is 0.248 e. The van der Waals surface area contributed by atoms with Crippen LogP contribution in [0.1, 0.15) is 33.1 Å². The maximum Gasteiger partial charge on any atom is 0.248 e. The first-order valence-corrected chi connectivity index (χ1v) is 6.17. The fraction of sp³-hybridized carbons (Fsp3) is 0.917. The Morgan fingerprint density at radius 3 is 2.75 bits per heavy atom. The Labute approximate surface area is 98.3 Å². The molecule has 1 amide bonds. The summed E-state index contributed by atoms with van der Waals surface area (Å²) in [6.45, 7) is 6.17. The first-order valence-electron chi connectivity index (χ1n) is 6.17. The van der Waals surface area contributed by atoms with E-state index in [0.717, 1.165) is 13.1 Å². The van der Waals surface area contributed by atoms with Gasteiger partial charge in [0.15, 0.2) is 0 Å². The lowest BCUT2D eigenvalue weighted by molar-refractivity contribution is -0.137. The van der Waals surface area contributed by atoms with E-state index in [-0.39, 0.29) is 18.6 Å². The average Bonchev–Trinajstić information content (AvgIpc) is 2.27. The third-order valence-corrected chi connectivity index (χ3v) is 3.04. The molecule has 1 N–H and O–H groups in total. The Bertz CT molecular complexity index is 213. The van der Waals surface area contributed by atoms with E-state index in [0.29, 0.717) is 6.04 Å². The number of amides is 1. The number of carbonyl (C=O) groups excluding carboxylic acids is 1. The zero-order chi connectivity index (χ0) is 12.0. The Hall–Kier alpha value is -0.610. The van der Waals surface area contributed by atoms with Crippen molar-refractivity contribution in [3.05, 3.63) is 0 Å². The van der Waals surface area contributed by atoms with E-state index >= 15 is 0 Å². The van der Waals surface area contributed by atoms with Gasteiger partial charge in [0.1, 0.15) is 6.61 Å². The Balaban J connectivity index is 2.46. The fourth-order valence-corrected chi connectivity index (χ4v) is 2.12. The van der Waals surface area contributed by atoms with Crippen LogP contribution in [-0.4, -0.2) is 49.7 Å². The number of rotatable bonds is 5. The highest BCUT2D eigenvalue weighted by Gasteiger charge is 2.22. The molecule has 0 bridgehead atoms. The van der Waals surface area contributed by atoms with E-state index in [1.807, 2.05) is 4.90 Å². The summed E-state index contributed by atoms with van der Waals surface area (Å²) in [5.41, 5.74) is 0. The minimum absolute atomic E-state index is 0.0878. The van der Waals surface area contributed by atoms with Gasteiger partial charge in [-0.25, -0.2) is 0 Å². The summed E-state index contributed by atoms with van der Waals surface area (Å²) in [5, 5.41) is 3.47. The molecular weight excluding hydrogens is 204 g/mol. The number of nitrogens with one attached hydrogen (secondary N) is 1. The molecule has 0 spiro atoms. The van der Waals surface area contributed by atoms with Crippen LogP contribution in [0.5, 0.6) is 0 Å². The van der Waals surface area contributed by atoms with Gasteiger partial charge in [-0.2, -0.15) is 0 Å². The number of hydrogen-bond donors (Lipinski definition) is 1. The molecule has 4 nitrogen and oxygen atoms in total. The molecule has 0 radical (unpaired) electrons. The maximum absolute atomic E-state index is 11.8. The van der Waals surface area contributed by atoms with Crippen molar-refractivity contribution < 1.29 is 9.53 Å². The van der Waals surface area contributed by atoms with Crippen LogP contribution in [0.15, 0.2) is 0 Å². The largest absolute Gasteiger partial charge is 0.375 e. The summed E-state index contributed by atoms with van der Waals surface area (Å²) in [7, 11) is 1.56. The highest BCUT2D eigenvalue weighted by atomic mass is 16.5. The molecule has 1 heterocycles. The number of methoxy groups -OCH3 is 1. The summed E-state index contributed by atoms with van der Waals surface area (Å²) in [4.78, 5) is 13.7. The number of nitrogens with zero attached hydrogens (tertiary/aromatic N) is 1. The molecule has 0 aliphatic carbocycles. The molecule has 94 valence electrons. The summed E-state index contributed by atoms with van der Waals surface area (Å²) in [6.07, 6.45) is 3.69.